The van der Waals surface area contributed by atoms with Crippen molar-refractivity contribution in [1.29, 1.82) is 0 Å². The lowest BCUT2D eigenvalue weighted by Crippen LogP contribution is -2.08. The first-order valence-corrected chi connectivity index (χ1v) is 5.88. The van der Waals surface area contributed by atoms with Gasteiger partial charge in [0.05, 0.1) is 11.9 Å². The smallest absolute Gasteiger partial charge is 0.219 e. The van der Waals surface area contributed by atoms with Crippen LogP contribution < -0.4 is 16.0 Å². The van der Waals surface area contributed by atoms with E-state index >= 15 is 0 Å². The number of allylic oxidation sites excluding steroid dienone is 3. The quantitative estimate of drug-likeness (QED) is 0.369. The Kier molecular flexibility index (Phi) is 7.88. The summed E-state index contributed by atoms with van der Waals surface area (Å²) in [6.07, 6.45) is 3.79. The highest BCUT2D eigenvalue weighted by molar-refractivity contribution is 5.49. The summed E-state index contributed by atoms with van der Waals surface area (Å²) < 4.78 is 18.5. The summed E-state index contributed by atoms with van der Waals surface area (Å²) in [5, 5.41) is 0. The Bertz CT molecular complexity index is 470. The number of nitrogen functional groups attached to an aromatic ring is 1. The number of hydrogen-bond acceptors (Lipinski definition) is 4. The maximum Gasteiger partial charge on any atom is 0.219 e. The van der Waals surface area contributed by atoms with Crippen molar-refractivity contribution in [2.24, 2.45) is 5.84 Å². The molecule has 0 aliphatic carbocycles. The molecule has 1 heterocycles. The van der Waals surface area contributed by atoms with Crippen molar-refractivity contribution in [3.05, 3.63) is 54.7 Å². The minimum Gasteiger partial charge on any atom is -0.436 e. The molecular weight excluding hydrogens is 245 g/mol. The second kappa shape index (κ2) is 8.88. The van der Waals surface area contributed by atoms with Gasteiger partial charge in [-0.05, 0) is 24.6 Å². The van der Waals surface area contributed by atoms with E-state index in [4.69, 9.17) is 10.6 Å². The molecule has 0 aliphatic rings. The van der Waals surface area contributed by atoms with E-state index < -0.39 is 5.83 Å². The first-order chi connectivity index (χ1) is 9.12. The molecule has 1 rings (SSSR count). The van der Waals surface area contributed by atoms with Gasteiger partial charge in [0.1, 0.15) is 0 Å². The van der Waals surface area contributed by atoms with E-state index in [1.165, 1.54) is 12.3 Å². The van der Waals surface area contributed by atoms with Crippen LogP contribution >= 0.6 is 0 Å². The zero-order valence-electron chi connectivity index (χ0n) is 11.5. The van der Waals surface area contributed by atoms with Gasteiger partial charge in [0.25, 0.3) is 0 Å². The van der Waals surface area contributed by atoms with Crippen LogP contribution in [-0.4, -0.2) is 4.98 Å². The minimum absolute atomic E-state index is 0.0274. The van der Waals surface area contributed by atoms with Gasteiger partial charge >= 0.3 is 0 Å². The summed E-state index contributed by atoms with van der Waals surface area (Å²) in [6, 6.07) is 1.63. The molecule has 0 saturated heterocycles. The van der Waals surface area contributed by atoms with Gasteiger partial charge in [-0.3, -0.25) is 5.84 Å². The number of aromatic nitrogens is 1. The second-order valence-corrected chi connectivity index (χ2v) is 3.20. The van der Waals surface area contributed by atoms with Gasteiger partial charge in [-0.25, -0.2) is 9.37 Å². The Morgan fingerprint density at radius 2 is 2.05 bits per heavy atom. The number of nitrogens with two attached hydrogens (primary N) is 1. The van der Waals surface area contributed by atoms with E-state index in [1.807, 2.05) is 20.8 Å². The number of nitrogens with one attached hydrogen (secondary N) is 1. The average molecular weight is 265 g/mol. The molecule has 0 spiro atoms. The maximum absolute atomic E-state index is 13.2. The molecule has 0 saturated carbocycles. The molecule has 0 fully saturated rings. The Labute approximate surface area is 113 Å². The largest absolute Gasteiger partial charge is 0.436 e. The van der Waals surface area contributed by atoms with E-state index in [1.54, 1.807) is 6.07 Å². The average Bonchev–Trinajstić information content (AvgIpc) is 2.46. The fourth-order valence-corrected chi connectivity index (χ4v) is 1.14. The molecule has 0 aromatic carbocycles. The lowest BCUT2D eigenvalue weighted by Gasteiger charge is -2.08. The van der Waals surface area contributed by atoms with Crippen molar-refractivity contribution in [3.8, 4) is 5.88 Å². The van der Waals surface area contributed by atoms with E-state index in [2.05, 4.69) is 23.6 Å². The third-order valence-corrected chi connectivity index (χ3v) is 2.06. The number of pyridine rings is 1. The number of ether oxygens (including phenoxy) is 1. The summed E-state index contributed by atoms with van der Waals surface area (Å²) >= 11 is 0. The predicted molar refractivity (Wildman–Crippen MR) is 77.3 cm³/mol. The van der Waals surface area contributed by atoms with Crippen LogP contribution in [0.5, 0.6) is 5.88 Å². The maximum atomic E-state index is 13.2. The summed E-state index contributed by atoms with van der Waals surface area (Å²) in [5.41, 5.74) is 3.99. The lowest BCUT2D eigenvalue weighted by atomic mass is 10.2. The van der Waals surface area contributed by atoms with Crippen LogP contribution in [0.4, 0.5) is 10.1 Å². The zero-order valence-corrected chi connectivity index (χ0v) is 11.5. The molecule has 0 bridgehead atoms. The molecule has 0 atom stereocenters. The fourth-order valence-electron chi connectivity index (χ4n) is 1.14. The standard InChI is InChI=1S/C12H14FN3O.C2H6/c1-4-9(13)11(5-2)17-12-6-8(3)10(16-14)7-15-12;1-2/h4-7,16H,1-2,14H2,3H3;1-2H3/b11-9-;. The van der Waals surface area contributed by atoms with Gasteiger partial charge in [0.15, 0.2) is 11.6 Å². The Morgan fingerprint density at radius 3 is 2.47 bits per heavy atom. The van der Waals surface area contributed by atoms with Crippen LogP contribution in [0.1, 0.15) is 19.4 Å². The van der Waals surface area contributed by atoms with Crippen molar-refractivity contribution in [1.82, 2.24) is 4.98 Å². The molecule has 4 nitrogen and oxygen atoms in total. The van der Waals surface area contributed by atoms with Gasteiger partial charge < -0.3 is 10.2 Å². The predicted octanol–water partition coefficient (Wildman–Crippen LogP) is 3.63. The Morgan fingerprint density at radius 1 is 1.42 bits per heavy atom. The van der Waals surface area contributed by atoms with Gasteiger partial charge in [0.2, 0.25) is 5.88 Å². The van der Waals surface area contributed by atoms with Gasteiger partial charge in [-0.2, -0.15) is 0 Å². The van der Waals surface area contributed by atoms with Crippen molar-refractivity contribution >= 4 is 5.69 Å². The van der Waals surface area contributed by atoms with E-state index in [0.29, 0.717) is 5.69 Å². The summed E-state index contributed by atoms with van der Waals surface area (Å²) in [6.45, 7) is 12.6. The highest BCUT2D eigenvalue weighted by atomic mass is 19.1. The van der Waals surface area contributed by atoms with Crippen LogP contribution in [0.2, 0.25) is 0 Å². The Hall–Kier alpha value is -2.14. The fraction of sp³-hybridized carbons (Fsp3) is 0.214. The number of hydrazine groups is 1. The van der Waals surface area contributed by atoms with Crippen LogP contribution in [0.25, 0.3) is 0 Å². The SMILES string of the molecule is C=C/C(F)=C(\C=C)Oc1cc(C)c(NN)cn1.CC. The van der Waals surface area contributed by atoms with E-state index in [9.17, 15) is 4.39 Å². The molecule has 104 valence electrons. The zero-order chi connectivity index (χ0) is 14.8. The number of anilines is 1. The van der Waals surface area contributed by atoms with Gasteiger partial charge in [-0.15, -0.1) is 0 Å². The van der Waals surface area contributed by atoms with Crippen molar-refractivity contribution in [2.75, 3.05) is 5.43 Å². The van der Waals surface area contributed by atoms with Gasteiger partial charge in [0, 0.05) is 6.07 Å². The lowest BCUT2D eigenvalue weighted by molar-refractivity contribution is 0.404. The first kappa shape index (κ1) is 16.9. The van der Waals surface area contributed by atoms with Crippen molar-refractivity contribution in [2.45, 2.75) is 20.8 Å². The number of rotatable bonds is 5. The number of aryl methyl sites for hydroxylation is 1. The second-order valence-electron chi connectivity index (χ2n) is 3.20. The molecular formula is C14H20FN3O. The number of halogens is 1. The summed E-state index contributed by atoms with van der Waals surface area (Å²) in [4.78, 5) is 3.97. The summed E-state index contributed by atoms with van der Waals surface area (Å²) in [7, 11) is 0. The minimum atomic E-state index is -0.597. The third-order valence-electron chi connectivity index (χ3n) is 2.06. The topological polar surface area (TPSA) is 60.2 Å². The molecule has 0 radical (unpaired) electrons. The first-order valence-electron chi connectivity index (χ1n) is 5.88. The van der Waals surface area contributed by atoms with Crippen LogP contribution in [0.15, 0.2) is 49.2 Å². The van der Waals surface area contributed by atoms with Crippen LogP contribution in [0, 0.1) is 6.92 Å². The normalized spacial score (nSPS) is 10.6. The van der Waals surface area contributed by atoms with Crippen molar-refractivity contribution < 1.29 is 9.13 Å². The molecule has 5 heteroatoms. The van der Waals surface area contributed by atoms with Crippen LogP contribution in [-0.2, 0) is 0 Å². The molecule has 0 unspecified atom stereocenters. The van der Waals surface area contributed by atoms with Crippen LogP contribution in [0.3, 0.4) is 0 Å². The highest BCUT2D eigenvalue weighted by Gasteiger charge is 2.06. The Balaban J connectivity index is 0.00000154. The molecule has 1 aromatic heterocycles. The third kappa shape index (κ3) is 4.93. The molecule has 3 N–H and O–H groups in total. The summed E-state index contributed by atoms with van der Waals surface area (Å²) in [5.74, 6) is 4.90. The molecule has 0 amide bonds. The highest BCUT2D eigenvalue weighted by Crippen LogP contribution is 2.20. The van der Waals surface area contributed by atoms with E-state index in [-0.39, 0.29) is 11.6 Å². The van der Waals surface area contributed by atoms with E-state index in [0.717, 1.165) is 11.6 Å². The number of hydrogen-bond donors (Lipinski definition) is 2. The van der Waals surface area contributed by atoms with Crippen molar-refractivity contribution in [3.63, 3.8) is 0 Å². The molecule has 19 heavy (non-hydrogen) atoms. The molecule has 0 aliphatic heterocycles. The molecule has 1 aromatic rings. The monoisotopic (exact) mass is 265 g/mol. The van der Waals surface area contributed by atoms with Gasteiger partial charge in [-0.1, -0.05) is 27.0 Å². The number of nitrogens with zero attached hydrogens (tertiary/aromatic N) is 1.